The minimum atomic E-state index is -0.555. The molecule has 0 radical (unpaired) electrons. The lowest BCUT2D eigenvalue weighted by atomic mass is 10.2. The van der Waals surface area contributed by atoms with Crippen molar-refractivity contribution in [2.24, 2.45) is 5.73 Å². The molecule has 17 heavy (non-hydrogen) atoms. The molecule has 0 aliphatic rings. The standard InChI is InChI=1S/C11H8BrN3O2/c12-9-1-2-10(7(3-9)6-16)15-5-8(4-14-15)11(13)17/h1-6H,(H2,13,17). The average Bonchev–Trinajstić information content (AvgIpc) is 2.78. The Morgan fingerprint density at radius 2 is 2.24 bits per heavy atom. The van der Waals surface area contributed by atoms with Gasteiger partial charge < -0.3 is 5.73 Å². The predicted octanol–water partition coefficient (Wildman–Crippen LogP) is 1.55. The molecule has 0 saturated heterocycles. The maximum atomic E-state index is 10.9. The summed E-state index contributed by atoms with van der Waals surface area (Å²) in [6.07, 6.45) is 3.57. The minimum Gasteiger partial charge on any atom is -0.366 e. The van der Waals surface area contributed by atoms with E-state index in [4.69, 9.17) is 5.73 Å². The fourth-order valence-electron chi connectivity index (χ4n) is 1.41. The van der Waals surface area contributed by atoms with Crippen molar-refractivity contribution in [3.8, 4) is 5.69 Å². The molecule has 2 aromatic rings. The van der Waals surface area contributed by atoms with E-state index >= 15 is 0 Å². The summed E-state index contributed by atoms with van der Waals surface area (Å²) >= 11 is 3.28. The van der Waals surface area contributed by atoms with Gasteiger partial charge in [-0.15, -0.1) is 0 Å². The normalized spacial score (nSPS) is 10.2. The topological polar surface area (TPSA) is 78.0 Å². The number of carbonyl (C=O) groups is 2. The van der Waals surface area contributed by atoms with Crippen molar-refractivity contribution < 1.29 is 9.59 Å². The summed E-state index contributed by atoms with van der Waals surface area (Å²) in [5.41, 5.74) is 6.49. The van der Waals surface area contributed by atoms with Crippen LogP contribution in [-0.4, -0.2) is 22.0 Å². The second kappa shape index (κ2) is 4.50. The van der Waals surface area contributed by atoms with Gasteiger partial charge >= 0.3 is 0 Å². The van der Waals surface area contributed by atoms with Gasteiger partial charge in [-0.3, -0.25) is 9.59 Å². The Labute approximate surface area is 105 Å². The molecule has 5 nitrogen and oxygen atoms in total. The third kappa shape index (κ3) is 2.26. The number of hydrogen-bond donors (Lipinski definition) is 1. The van der Waals surface area contributed by atoms with Gasteiger partial charge in [-0.2, -0.15) is 5.10 Å². The van der Waals surface area contributed by atoms with Crippen molar-refractivity contribution in [2.45, 2.75) is 0 Å². The molecule has 1 heterocycles. The number of amides is 1. The first-order chi connectivity index (χ1) is 8.11. The van der Waals surface area contributed by atoms with Crippen LogP contribution in [0, 0.1) is 0 Å². The molecular weight excluding hydrogens is 286 g/mol. The summed E-state index contributed by atoms with van der Waals surface area (Å²) in [6.45, 7) is 0. The molecule has 6 heteroatoms. The minimum absolute atomic E-state index is 0.296. The zero-order valence-corrected chi connectivity index (χ0v) is 10.2. The number of aldehydes is 1. The average molecular weight is 294 g/mol. The van der Waals surface area contributed by atoms with E-state index in [1.165, 1.54) is 17.1 Å². The van der Waals surface area contributed by atoms with Crippen molar-refractivity contribution in [3.05, 3.63) is 46.2 Å². The number of primary amides is 1. The Hall–Kier alpha value is -1.95. The summed E-state index contributed by atoms with van der Waals surface area (Å²) < 4.78 is 2.24. The van der Waals surface area contributed by atoms with Crippen molar-refractivity contribution in [1.29, 1.82) is 0 Å². The van der Waals surface area contributed by atoms with Gasteiger partial charge in [-0.05, 0) is 18.2 Å². The quantitative estimate of drug-likeness (QED) is 0.872. The lowest BCUT2D eigenvalue weighted by molar-refractivity contribution is 0.1000. The Kier molecular flexibility index (Phi) is 3.06. The van der Waals surface area contributed by atoms with E-state index in [2.05, 4.69) is 21.0 Å². The van der Waals surface area contributed by atoms with Crippen LogP contribution < -0.4 is 5.73 Å². The maximum absolute atomic E-state index is 10.9. The summed E-state index contributed by atoms with van der Waals surface area (Å²) in [4.78, 5) is 21.9. The summed E-state index contributed by atoms with van der Waals surface area (Å²) in [5, 5.41) is 3.99. The first-order valence-electron chi connectivity index (χ1n) is 4.71. The molecule has 1 amide bonds. The summed E-state index contributed by atoms with van der Waals surface area (Å²) in [6, 6.07) is 5.19. The van der Waals surface area contributed by atoms with Gasteiger partial charge in [0, 0.05) is 16.2 Å². The zero-order chi connectivity index (χ0) is 12.4. The number of rotatable bonds is 3. The number of nitrogens with zero attached hydrogens (tertiary/aromatic N) is 2. The van der Waals surface area contributed by atoms with Crippen molar-refractivity contribution in [2.75, 3.05) is 0 Å². The Morgan fingerprint density at radius 3 is 2.82 bits per heavy atom. The van der Waals surface area contributed by atoms with E-state index in [9.17, 15) is 9.59 Å². The van der Waals surface area contributed by atoms with Crippen molar-refractivity contribution in [3.63, 3.8) is 0 Å². The lowest BCUT2D eigenvalue weighted by Crippen LogP contribution is -2.09. The van der Waals surface area contributed by atoms with Crippen LogP contribution in [0.1, 0.15) is 20.7 Å². The molecular formula is C11H8BrN3O2. The van der Waals surface area contributed by atoms with Gasteiger partial charge in [0.05, 0.1) is 17.4 Å². The van der Waals surface area contributed by atoms with Gasteiger partial charge in [0.1, 0.15) is 0 Å². The molecule has 0 saturated carbocycles. The Bertz CT molecular complexity index is 592. The van der Waals surface area contributed by atoms with Gasteiger partial charge in [-0.1, -0.05) is 15.9 Å². The highest BCUT2D eigenvalue weighted by Gasteiger charge is 2.09. The maximum Gasteiger partial charge on any atom is 0.251 e. The van der Waals surface area contributed by atoms with Crippen LogP contribution in [0.2, 0.25) is 0 Å². The fraction of sp³-hybridized carbons (Fsp3) is 0. The number of nitrogens with two attached hydrogens (primary N) is 1. The molecule has 0 aliphatic heterocycles. The van der Waals surface area contributed by atoms with Gasteiger partial charge in [0.2, 0.25) is 0 Å². The number of halogens is 1. The lowest BCUT2D eigenvalue weighted by Gasteiger charge is -2.04. The first-order valence-corrected chi connectivity index (χ1v) is 5.50. The first kappa shape index (κ1) is 11.5. The monoisotopic (exact) mass is 293 g/mol. The molecule has 86 valence electrons. The molecule has 2 rings (SSSR count). The van der Waals surface area contributed by atoms with Crippen molar-refractivity contribution >= 4 is 28.1 Å². The smallest absolute Gasteiger partial charge is 0.251 e. The highest BCUT2D eigenvalue weighted by Crippen LogP contribution is 2.18. The van der Waals surface area contributed by atoms with E-state index in [0.29, 0.717) is 16.8 Å². The van der Waals surface area contributed by atoms with E-state index in [1.807, 2.05) is 0 Å². The SMILES string of the molecule is NC(=O)c1cnn(-c2ccc(Br)cc2C=O)c1. The van der Waals surface area contributed by atoms with Gasteiger partial charge in [0.15, 0.2) is 6.29 Å². The van der Waals surface area contributed by atoms with Crippen LogP contribution in [0.4, 0.5) is 0 Å². The van der Waals surface area contributed by atoms with Gasteiger partial charge in [0.25, 0.3) is 5.91 Å². The molecule has 2 N–H and O–H groups in total. The Balaban J connectivity index is 2.52. The molecule has 0 atom stereocenters. The molecule has 0 aliphatic carbocycles. The summed E-state index contributed by atoms with van der Waals surface area (Å²) in [5.74, 6) is -0.555. The Morgan fingerprint density at radius 1 is 1.47 bits per heavy atom. The highest BCUT2D eigenvalue weighted by molar-refractivity contribution is 9.10. The summed E-state index contributed by atoms with van der Waals surface area (Å²) in [7, 11) is 0. The molecule has 1 aromatic heterocycles. The number of carbonyl (C=O) groups excluding carboxylic acids is 2. The van der Waals surface area contributed by atoms with Crippen molar-refractivity contribution in [1.82, 2.24) is 9.78 Å². The van der Waals surface area contributed by atoms with Crippen LogP contribution in [0.5, 0.6) is 0 Å². The largest absolute Gasteiger partial charge is 0.366 e. The number of benzene rings is 1. The van der Waals surface area contributed by atoms with Crippen LogP contribution in [0.3, 0.4) is 0 Å². The van der Waals surface area contributed by atoms with Crippen LogP contribution in [-0.2, 0) is 0 Å². The molecule has 0 bridgehead atoms. The molecule has 1 aromatic carbocycles. The zero-order valence-electron chi connectivity index (χ0n) is 8.63. The van der Waals surface area contributed by atoms with E-state index < -0.39 is 5.91 Å². The second-order valence-electron chi connectivity index (χ2n) is 3.36. The third-order valence-electron chi connectivity index (χ3n) is 2.23. The number of hydrogen-bond acceptors (Lipinski definition) is 3. The highest BCUT2D eigenvalue weighted by atomic mass is 79.9. The van der Waals surface area contributed by atoms with E-state index in [0.717, 1.165) is 10.8 Å². The van der Waals surface area contributed by atoms with Crippen LogP contribution >= 0.6 is 15.9 Å². The molecule has 0 spiro atoms. The molecule has 0 unspecified atom stereocenters. The second-order valence-corrected chi connectivity index (χ2v) is 4.27. The van der Waals surface area contributed by atoms with Crippen LogP contribution in [0.15, 0.2) is 35.1 Å². The third-order valence-corrected chi connectivity index (χ3v) is 2.72. The number of aromatic nitrogens is 2. The fourth-order valence-corrected chi connectivity index (χ4v) is 1.79. The van der Waals surface area contributed by atoms with Gasteiger partial charge in [-0.25, -0.2) is 4.68 Å². The van der Waals surface area contributed by atoms with E-state index in [-0.39, 0.29) is 0 Å². The van der Waals surface area contributed by atoms with Crippen LogP contribution in [0.25, 0.3) is 5.69 Å². The molecule has 0 fully saturated rings. The van der Waals surface area contributed by atoms with E-state index in [1.54, 1.807) is 18.2 Å². The predicted molar refractivity (Wildman–Crippen MR) is 65.2 cm³/mol.